The normalized spacial score (nSPS) is 12.0. The number of hydrogen-bond donors (Lipinski definition) is 2. The molecule has 0 saturated carbocycles. The van der Waals surface area contributed by atoms with E-state index in [1.54, 1.807) is 0 Å². The van der Waals surface area contributed by atoms with Gasteiger partial charge in [0.15, 0.2) is 0 Å². The van der Waals surface area contributed by atoms with E-state index in [2.05, 4.69) is 4.89 Å². The van der Waals surface area contributed by atoms with E-state index < -0.39 is 5.60 Å². The van der Waals surface area contributed by atoms with E-state index in [0.717, 1.165) is 0 Å². The van der Waals surface area contributed by atoms with Crippen molar-refractivity contribution >= 4 is 0 Å². The number of aliphatic hydroxyl groups excluding tert-OH is 1. The highest BCUT2D eigenvalue weighted by Crippen LogP contribution is 2.17. The second kappa shape index (κ2) is 3.82. The maximum Gasteiger partial charge on any atom is 0.126 e. The fourth-order valence-electron chi connectivity index (χ4n) is 0.632. The third kappa shape index (κ3) is 1.93. The summed E-state index contributed by atoms with van der Waals surface area (Å²) in [6.07, 6.45) is 1.24. The average molecular weight is 134 g/mol. The van der Waals surface area contributed by atoms with Crippen LogP contribution in [0, 0.1) is 0 Å². The molecule has 0 bridgehead atoms. The van der Waals surface area contributed by atoms with E-state index >= 15 is 0 Å². The maximum atomic E-state index is 8.69. The molecule has 3 nitrogen and oxygen atoms in total. The molecule has 2 N–H and O–H groups in total. The minimum absolute atomic E-state index is 0.128. The van der Waals surface area contributed by atoms with Crippen molar-refractivity contribution in [2.45, 2.75) is 32.3 Å². The van der Waals surface area contributed by atoms with Crippen molar-refractivity contribution < 1.29 is 15.3 Å². The second-order valence-electron chi connectivity index (χ2n) is 2.14. The van der Waals surface area contributed by atoms with E-state index in [0.29, 0.717) is 12.8 Å². The Morgan fingerprint density at radius 2 is 1.78 bits per heavy atom. The van der Waals surface area contributed by atoms with Gasteiger partial charge < -0.3 is 5.11 Å². The van der Waals surface area contributed by atoms with Crippen molar-refractivity contribution in [1.29, 1.82) is 0 Å². The highest BCUT2D eigenvalue weighted by Gasteiger charge is 2.25. The van der Waals surface area contributed by atoms with Gasteiger partial charge in [-0.05, 0) is 12.8 Å². The molecule has 0 aliphatic heterocycles. The van der Waals surface area contributed by atoms with Crippen molar-refractivity contribution in [3.05, 3.63) is 0 Å². The molecular formula is C6H14O3. The Bertz CT molecular complexity index is 51.2. The summed E-state index contributed by atoms with van der Waals surface area (Å²) in [5.74, 6) is 0. The molecule has 0 aromatic carbocycles. The molecule has 0 fully saturated rings. The van der Waals surface area contributed by atoms with Gasteiger partial charge in [-0.25, -0.2) is 4.89 Å². The minimum atomic E-state index is -0.722. The standard InChI is InChI=1S/C6H14O3/c1-3-6(4-2,5-7)9-8/h7-8H,3-5H2,1-2H3. The number of hydrogen-bond acceptors (Lipinski definition) is 3. The first-order chi connectivity index (χ1) is 4.24. The molecule has 0 atom stereocenters. The first-order valence-electron chi connectivity index (χ1n) is 3.18. The molecule has 0 heterocycles. The summed E-state index contributed by atoms with van der Waals surface area (Å²) in [6, 6.07) is 0. The largest absolute Gasteiger partial charge is 0.393 e. The van der Waals surface area contributed by atoms with Crippen molar-refractivity contribution in [2.75, 3.05) is 6.61 Å². The van der Waals surface area contributed by atoms with E-state index in [4.69, 9.17) is 10.4 Å². The summed E-state index contributed by atoms with van der Waals surface area (Å²) in [6.45, 7) is 3.59. The molecular weight excluding hydrogens is 120 g/mol. The molecule has 0 aliphatic carbocycles. The second-order valence-corrected chi connectivity index (χ2v) is 2.14. The van der Waals surface area contributed by atoms with Crippen LogP contribution >= 0.6 is 0 Å². The molecule has 0 spiro atoms. The first-order valence-corrected chi connectivity index (χ1v) is 3.18. The quantitative estimate of drug-likeness (QED) is 0.446. The molecule has 0 radical (unpaired) electrons. The average Bonchev–Trinajstić information content (AvgIpc) is 1.95. The van der Waals surface area contributed by atoms with Crippen LogP contribution in [-0.2, 0) is 4.89 Å². The van der Waals surface area contributed by atoms with Crippen LogP contribution in [0.5, 0.6) is 0 Å². The summed E-state index contributed by atoms with van der Waals surface area (Å²) in [5.41, 5.74) is -0.722. The topological polar surface area (TPSA) is 49.7 Å². The van der Waals surface area contributed by atoms with E-state index in [1.807, 2.05) is 13.8 Å². The molecule has 0 unspecified atom stereocenters. The van der Waals surface area contributed by atoms with Crippen LogP contribution in [0.3, 0.4) is 0 Å². The third-order valence-corrected chi connectivity index (χ3v) is 1.77. The molecule has 0 aliphatic rings. The van der Waals surface area contributed by atoms with Crippen molar-refractivity contribution in [3.8, 4) is 0 Å². The fourth-order valence-corrected chi connectivity index (χ4v) is 0.632. The van der Waals surface area contributed by atoms with E-state index in [-0.39, 0.29) is 6.61 Å². The zero-order chi connectivity index (χ0) is 7.33. The third-order valence-electron chi connectivity index (χ3n) is 1.77. The van der Waals surface area contributed by atoms with Crippen LogP contribution in [-0.4, -0.2) is 22.6 Å². The first kappa shape index (κ1) is 8.88. The molecule has 3 heteroatoms. The molecule has 0 amide bonds. The summed E-state index contributed by atoms with van der Waals surface area (Å²) < 4.78 is 0. The lowest BCUT2D eigenvalue weighted by molar-refractivity contribution is -0.332. The Balaban J connectivity index is 3.82. The maximum absolute atomic E-state index is 8.69. The van der Waals surface area contributed by atoms with Crippen molar-refractivity contribution in [1.82, 2.24) is 0 Å². The minimum Gasteiger partial charge on any atom is -0.393 e. The van der Waals surface area contributed by atoms with Crippen LogP contribution in [0.1, 0.15) is 26.7 Å². The number of rotatable bonds is 4. The van der Waals surface area contributed by atoms with Gasteiger partial charge >= 0.3 is 0 Å². The Hall–Kier alpha value is -0.120. The summed E-state index contributed by atoms with van der Waals surface area (Å²) in [5, 5.41) is 17.0. The lowest BCUT2D eigenvalue weighted by atomic mass is 9.99. The summed E-state index contributed by atoms with van der Waals surface area (Å²) in [7, 11) is 0. The molecule has 9 heavy (non-hydrogen) atoms. The Morgan fingerprint density at radius 1 is 1.33 bits per heavy atom. The lowest BCUT2D eigenvalue weighted by Crippen LogP contribution is -2.34. The van der Waals surface area contributed by atoms with Gasteiger partial charge in [0.05, 0.1) is 6.61 Å². The van der Waals surface area contributed by atoms with E-state index in [1.165, 1.54) is 0 Å². The monoisotopic (exact) mass is 134 g/mol. The van der Waals surface area contributed by atoms with Crippen molar-refractivity contribution in [3.63, 3.8) is 0 Å². The lowest BCUT2D eigenvalue weighted by Gasteiger charge is -2.24. The predicted octanol–water partition coefficient (Wildman–Crippen LogP) is 1.03. The molecule has 56 valence electrons. The van der Waals surface area contributed by atoms with Gasteiger partial charge in [-0.2, -0.15) is 0 Å². The zero-order valence-corrected chi connectivity index (χ0v) is 5.92. The highest BCUT2D eigenvalue weighted by atomic mass is 17.1. The van der Waals surface area contributed by atoms with Crippen LogP contribution in [0.2, 0.25) is 0 Å². The number of aliphatic hydroxyl groups is 1. The van der Waals surface area contributed by atoms with Gasteiger partial charge in [-0.3, -0.25) is 5.26 Å². The zero-order valence-electron chi connectivity index (χ0n) is 5.92. The van der Waals surface area contributed by atoms with Gasteiger partial charge in [0, 0.05) is 0 Å². The van der Waals surface area contributed by atoms with E-state index in [9.17, 15) is 0 Å². The molecule has 0 rings (SSSR count). The van der Waals surface area contributed by atoms with Crippen molar-refractivity contribution in [2.24, 2.45) is 0 Å². The highest BCUT2D eigenvalue weighted by molar-refractivity contribution is 4.73. The Kier molecular flexibility index (Phi) is 3.77. The van der Waals surface area contributed by atoms with Gasteiger partial charge in [-0.1, -0.05) is 13.8 Å². The molecule has 0 aromatic heterocycles. The van der Waals surface area contributed by atoms with Crippen LogP contribution in [0.15, 0.2) is 0 Å². The fraction of sp³-hybridized carbons (Fsp3) is 1.00. The molecule has 0 aromatic rings. The van der Waals surface area contributed by atoms with Gasteiger partial charge in [0.1, 0.15) is 5.60 Å². The van der Waals surface area contributed by atoms with Crippen LogP contribution in [0.25, 0.3) is 0 Å². The molecule has 0 saturated heterocycles. The SMILES string of the molecule is CCC(CC)(CO)OO. The van der Waals surface area contributed by atoms with Gasteiger partial charge in [0.2, 0.25) is 0 Å². The van der Waals surface area contributed by atoms with Crippen LogP contribution < -0.4 is 0 Å². The van der Waals surface area contributed by atoms with Gasteiger partial charge in [0.25, 0.3) is 0 Å². The predicted molar refractivity (Wildman–Crippen MR) is 34.1 cm³/mol. The van der Waals surface area contributed by atoms with Gasteiger partial charge in [-0.15, -0.1) is 0 Å². The summed E-state index contributed by atoms with van der Waals surface area (Å²) >= 11 is 0. The smallest absolute Gasteiger partial charge is 0.126 e. The Morgan fingerprint density at radius 3 is 1.78 bits per heavy atom. The Labute approximate surface area is 55.2 Å². The van der Waals surface area contributed by atoms with Crippen LogP contribution in [0.4, 0.5) is 0 Å². The summed E-state index contributed by atoms with van der Waals surface area (Å²) in [4.78, 5) is 4.14.